The summed E-state index contributed by atoms with van der Waals surface area (Å²) in [6.45, 7) is 5.61. The molecule has 2 bridgehead atoms. The highest BCUT2D eigenvalue weighted by Gasteiger charge is 2.35. The number of rotatable bonds is 8. The van der Waals surface area contributed by atoms with Gasteiger partial charge in [-0.05, 0) is 29.8 Å². The number of fused-ring (bicyclic) bond motifs is 2. The summed E-state index contributed by atoms with van der Waals surface area (Å²) in [5.74, 6) is 0.830. The summed E-state index contributed by atoms with van der Waals surface area (Å²) in [6, 6.07) is 19.2. The molecule has 0 radical (unpaired) electrons. The first-order valence-electron chi connectivity index (χ1n) is 10.7. The molecule has 1 amide bonds. The molecular weight excluding hydrogens is 392 g/mol. The Balaban J connectivity index is 1.17. The first-order chi connectivity index (χ1) is 15.2. The standard InChI is InChI=1S/C24H28N4O3/c25-12-19-6-8-21(9-7-19)30-11-10-27-14-22-16-28(17-23(15-27)31-22)18-24(29)26-13-20-4-2-1-3-5-20/h1-9,22-23H,10-11,13-18H2,(H,26,29). The van der Waals surface area contributed by atoms with E-state index in [4.69, 9.17) is 14.7 Å². The zero-order valence-corrected chi connectivity index (χ0v) is 17.6. The molecule has 2 heterocycles. The molecule has 7 nitrogen and oxygen atoms in total. The number of benzene rings is 2. The summed E-state index contributed by atoms with van der Waals surface area (Å²) in [4.78, 5) is 16.9. The van der Waals surface area contributed by atoms with Crippen molar-refractivity contribution >= 4 is 5.91 Å². The number of carbonyl (C=O) groups excluding carboxylic acids is 1. The zero-order valence-electron chi connectivity index (χ0n) is 17.6. The summed E-state index contributed by atoms with van der Waals surface area (Å²) < 4.78 is 11.9. The highest BCUT2D eigenvalue weighted by atomic mass is 16.5. The van der Waals surface area contributed by atoms with Gasteiger partial charge in [0.15, 0.2) is 0 Å². The summed E-state index contributed by atoms with van der Waals surface area (Å²) in [7, 11) is 0. The summed E-state index contributed by atoms with van der Waals surface area (Å²) >= 11 is 0. The minimum Gasteiger partial charge on any atom is -0.492 e. The largest absolute Gasteiger partial charge is 0.492 e. The molecule has 162 valence electrons. The van der Waals surface area contributed by atoms with Crippen LogP contribution in [0.15, 0.2) is 54.6 Å². The Bertz CT molecular complexity index is 883. The Kier molecular flexibility index (Phi) is 7.15. The maximum absolute atomic E-state index is 12.3. The van der Waals surface area contributed by atoms with E-state index in [0.29, 0.717) is 25.3 Å². The fraction of sp³-hybridized carbons (Fsp3) is 0.417. The minimum absolute atomic E-state index is 0.0523. The number of hydrogen-bond acceptors (Lipinski definition) is 6. The maximum Gasteiger partial charge on any atom is 0.234 e. The van der Waals surface area contributed by atoms with Crippen molar-refractivity contribution in [3.8, 4) is 11.8 Å². The third kappa shape index (κ3) is 6.28. The number of carbonyl (C=O) groups is 1. The van der Waals surface area contributed by atoms with Crippen LogP contribution in [-0.4, -0.2) is 73.8 Å². The van der Waals surface area contributed by atoms with Gasteiger partial charge in [0.05, 0.1) is 30.4 Å². The van der Waals surface area contributed by atoms with Crippen LogP contribution in [0.5, 0.6) is 5.75 Å². The van der Waals surface area contributed by atoms with Crippen LogP contribution in [0, 0.1) is 11.3 Å². The maximum atomic E-state index is 12.3. The van der Waals surface area contributed by atoms with Crippen LogP contribution in [0.3, 0.4) is 0 Å². The molecule has 2 aromatic carbocycles. The van der Waals surface area contributed by atoms with Crippen molar-refractivity contribution in [2.45, 2.75) is 18.8 Å². The third-order valence-electron chi connectivity index (χ3n) is 5.59. The lowest BCUT2D eigenvalue weighted by Crippen LogP contribution is -2.60. The highest BCUT2D eigenvalue weighted by molar-refractivity contribution is 5.78. The van der Waals surface area contributed by atoms with Crippen molar-refractivity contribution in [3.63, 3.8) is 0 Å². The average Bonchev–Trinajstić information content (AvgIpc) is 2.78. The topological polar surface area (TPSA) is 77.8 Å². The Morgan fingerprint density at radius 1 is 1.03 bits per heavy atom. The molecule has 4 rings (SSSR count). The Morgan fingerprint density at radius 2 is 1.71 bits per heavy atom. The molecule has 2 fully saturated rings. The Labute approximate surface area is 183 Å². The van der Waals surface area contributed by atoms with Crippen molar-refractivity contribution in [1.82, 2.24) is 15.1 Å². The molecule has 2 atom stereocenters. The van der Waals surface area contributed by atoms with Gasteiger partial charge in [0.25, 0.3) is 0 Å². The van der Waals surface area contributed by atoms with E-state index in [1.54, 1.807) is 12.1 Å². The molecule has 1 N–H and O–H groups in total. The molecule has 31 heavy (non-hydrogen) atoms. The van der Waals surface area contributed by atoms with E-state index in [1.165, 1.54) is 0 Å². The zero-order chi connectivity index (χ0) is 21.5. The molecule has 0 spiro atoms. The Hall–Kier alpha value is -2.92. The van der Waals surface area contributed by atoms with Gasteiger partial charge in [-0.15, -0.1) is 0 Å². The summed E-state index contributed by atoms with van der Waals surface area (Å²) in [5, 5.41) is 11.9. The molecule has 0 aliphatic carbocycles. The molecule has 2 unspecified atom stereocenters. The average molecular weight is 421 g/mol. The van der Waals surface area contributed by atoms with Gasteiger partial charge in [-0.25, -0.2) is 0 Å². The first kappa shape index (κ1) is 21.3. The van der Waals surface area contributed by atoms with Crippen molar-refractivity contribution in [1.29, 1.82) is 5.26 Å². The van der Waals surface area contributed by atoms with Gasteiger partial charge in [-0.2, -0.15) is 5.26 Å². The van der Waals surface area contributed by atoms with Gasteiger partial charge in [-0.1, -0.05) is 30.3 Å². The predicted octanol–water partition coefficient (Wildman–Crippen LogP) is 1.64. The van der Waals surface area contributed by atoms with Gasteiger partial charge in [-0.3, -0.25) is 14.6 Å². The smallest absolute Gasteiger partial charge is 0.234 e. The number of nitriles is 1. The van der Waals surface area contributed by atoms with Crippen LogP contribution >= 0.6 is 0 Å². The van der Waals surface area contributed by atoms with E-state index in [2.05, 4.69) is 21.2 Å². The summed E-state index contributed by atoms with van der Waals surface area (Å²) in [5.41, 5.74) is 1.74. The SMILES string of the molecule is N#Cc1ccc(OCCN2CC3CN(CC(=O)NCc4ccccc4)CC(C2)O3)cc1. The molecule has 7 heteroatoms. The fourth-order valence-electron chi connectivity index (χ4n) is 4.15. The number of nitrogens with zero attached hydrogens (tertiary/aromatic N) is 3. The molecule has 2 aliphatic heterocycles. The van der Waals surface area contributed by atoms with Gasteiger partial charge in [0.2, 0.25) is 5.91 Å². The minimum atomic E-state index is 0.0523. The van der Waals surface area contributed by atoms with Gasteiger partial charge >= 0.3 is 0 Å². The normalized spacial score (nSPS) is 21.3. The van der Waals surface area contributed by atoms with Crippen LogP contribution in [0.2, 0.25) is 0 Å². The number of hydrogen-bond donors (Lipinski definition) is 1. The molecule has 2 aliphatic rings. The lowest BCUT2D eigenvalue weighted by molar-refractivity contribution is -0.145. The van der Waals surface area contributed by atoms with Crippen LogP contribution in [0.1, 0.15) is 11.1 Å². The molecule has 2 saturated heterocycles. The second-order valence-electron chi connectivity index (χ2n) is 8.08. The van der Waals surface area contributed by atoms with Crippen molar-refractivity contribution in [2.75, 3.05) is 45.9 Å². The number of nitrogens with one attached hydrogen (secondary N) is 1. The van der Waals surface area contributed by atoms with Gasteiger partial charge in [0.1, 0.15) is 12.4 Å². The quantitative estimate of drug-likeness (QED) is 0.700. The highest BCUT2D eigenvalue weighted by Crippen LogP contribution is 2.19. The van der Waals surface area contributed by atoms with Gasteiger partial charge in [0, 0.05) is 39.3 Å². The van der Waals surface area contributed by atoms with Crippen LogP contribution in [0.4, 0.5) is 0 Å². The van der Waals surface area contributed by atoms with Crippen LogP contribution in [-0.2, 0) is 16.1 Å². The number of ether oxygens (including phenoxy) is 2. The summed E-state index contributed by atoms with van der Waals surface area (Å²) in [6.07, 6.45) is 0.230. The second-order valence-corrected chi connectivity index (χ2v) is 8.08. The van der Waals surface area contributed by atoms with E-state index >= 15 is 0 Å². The third-order valence-corrected chi connectivity index (χ3v) is 5.59. The lowest BCUT2D eigenvalue weighted by Gasteiger charge is -2.45. The van der Waals surface area contributed by atoms with Crippen LogP contribution < -0.4 is 10.1 Å². The molecular formula is C24H28N4O3. The van der Waals surface area contributed by atoms with Crippen molar-refractivity contribution in [3.05, 3.63) is 65.7 Å². The van der Waals surface area contributed by atoms with E-state index in [-0.39, 0.29) is 18.1 Å². The van der Waals surface area contributed by atoms with E-state index in [1.807, 2.05) is 42.5 Å². The van der Waals surface area contributed by atoms with Crippen molar-refractivity contribution < 1.29 is 14.3 Å². The number of amides is 1. The second kappa shape index (κ2) is 10.4. The van der Waals surface area contributed by atoms with Crippen LogP contribution in [0.25, 0.3) is 0 Å². The van der Waals surface area contributed by atoms with E-state index in [0.717, 1.165) is 44.0 Å². The van der Waals surface area contributed by atoms with Crippen molar-refractivity contribution in [2.24, 2.45) is 0 Å². The molecule has 0 saturated carbocycles. The van der Waals surface area contributed by atoms with E-state index < -0.39 is 0 Å². The van der Waals surface area contributed by atoms with Gasteiger partial charge < -0.3 is 14.8 Å². The number of morpholine rings is 2. The lowest BCUT2D eigenvalue weighted by atomic mass is 10.1. The first-order valence-corrected chi connectivity index (χ1v) is 10.7. The fourth-order valence-corrected chi connectivity index (χ4v) is 4.15. The molecule has 0 aromatic heterocycles. The monoisotopic (exact) mass is 420 g/mol. The predicted molar refractivity (Wildman–Crippen MR) is 116 cm³/mol. The van der Waals surface area contributed by atoms with E-state index in [9.17, 15) is 4.79 Å². The Morgan fingerprint density at radius 3 is 2.39 bits per heavy atom. The molecule has 2 aromatic rings.